The summed E-state index contributed by atoms with van der Waals surface area (Å²) in [6, 6.07) is 63.8. The molecule has 0 saturated heterocycles. The van der Waals surface area contributed by atoms with Crippen molar-refractivity contribution in [1.82, 2.24) is 0 Å². The number of nitrogens with zero attached hydrogens (tertiary/aromatic N) is 2. The minimum absolute atomic E-state index is 0.0337. The Hall–Kier alpha value is -6.91. The highest BCUT2D eigenvalue weighted by Crippen LogP contribution is 2.43. The molecule has 63 heavy (non-hydrogen) atoms. The number of rotatable bonds is 8. The Labute approximate surface area is 372 Å². The van der Waals surface area contributed by atoms with Gasteiger partial charge in [-0.2, -0.15) is 0 Å². The molecule has 3 aliphatic rings. The first kappa shape index (κ1) is 39.0. The molecule has 0 aliphatic carbocycles. The standard InChI is InChI=1S/C57H50B2N2O2/c1-36(2)39-31-44(37(3)4)56(45(32-39)38(5)6)59-47-30-29-43(60(40-19-10-7-11-20-40)41-21-12-8-13-22-41)33-54(47)63-55-35-51-48(34-49(55)59)58-46-25-16-17-27-52(46)62-53-28-18-26-50(57(53)58)61(51)42-23-14-9-15-24-42/h7-38H,1-6H3. The molecule has 8 aromatic carbocycles. The molecule has 8 aromatic rings. The molecule has 0 aromatic heterocycles. The third kappa shape index (κ3) is 6.46. The number of hydrogen-bond donors (Lipinski definition) is 0. The van der Waals surface area contributed by atoms with E-state index in [-0.39, 0.29) is 13.4 Å². The lowest BCUT2D eigenvalue weighted by Crippen LogP contribution is -2.62. The van der Waals surface area contributed by atoms with Crippen molar-refractivity contribution in [3.63, 3.8) is 0 Å². The van der Waals surface area contributed by atoms with E-state index in [4.69, 9.17) is 9.47 Å². The molecule has 0 radical (unpaired) electrons. The zero-order valence-electron chi connectivity index (χ0n) is 36.8. The smallest absolute Gasteiger partial charge is 0.256 e. The van der Waals surface area contributed by atoms with Gasteiger partial charge in [-0.25, -0.2) is 0 Å². The maximum atomic E-state index is 7.39. The van der Waals surface area contributed by atoms with E-state index in [1.807, 2.05) is 0 Å². The van der Waals surface area contributed by atoms with Crippen LogP contribution in [0.15, 0.2) is 176 Å². The molecule has 0 saturated carbocycles. The molecular formula is C57H50B2N2O2. The van der Waals surface area contributed by atoms with Crippen LogP contribution < -0.4 is 52.1 Å². The summed E-state index contributed by atoms with van der Waals surface area (Å²) in [5, 5.41) is 0. The Morgan fingerprint density at radius 2 is 0.952 bits per heavy atom. The number of ether oxygens (including phenoxy) is 2. The second-order valence-electron chi connectivity index (χ2n) is 18.2. The molecule has 0 spiro atoms. The third-order valence-electron chi connectivity index (χ3n) is 13.3. The van der Waals surface area contributed by atoms with Crippen LogP contribution in [0, 0.1) is 0 Å². The lowest BCUT2D eigenvalue weighted by atomic mass is 9.31. The molecule has 0 atom stereocenters. The number of fused-ring (bicyclic) bond motifs is 6. The van der Waals surface area contributed by atoms with Crippen molar-refractivity contribution in [2.75, 3.05) is 9.80 Å². The summed E-state index contributed by atoms with van der Waals surface area (Å²) in [4.78, 5) is 4.74. The molecule has 0 N–H and O–H groups in total. The monoisotopic (exact) mass is 816 g/mol. The van der Waals surface area contributed by atoms with E-state index in [2.05, 4.69) is 227 Å². The SMILES string of the molecule is CC(C)c1cc(C(C)C)c(B2c3ccc(N(c4ccccc4)c4ccccc4)cc3Oc3cc4c(cc32)B2c3ccccc3Oc3cccc(c32)N4c2ccccc2)c(C(C)C)c1. The minimum atomic E-state index is -0.0853. The van der Waals surface area contributed by atoms with Gasteiger partial charge in [0.2, 0.25) is 0 Å². The summed E-state index contributed by atoms with van der Waals surface area (Å²) >= 11 is 0. The van der Waals surface area contributed by atoms with Gasteiger partial charge in [-0.15, -0.1) is 0 Å². The van der Waals surface area contributed by atoms with Crippen molar-refractivity contribution in [2.24, 2.45) is 0 Å². The lowest BCUT2D eigenvalue weighted by Gasteiger charge is -2.41. The van der Waals surface area contributed by atoms with E-state index in [1.165, 1.54) is 49.5 Å². The Bertz CT molecular complexity index is 2950. The molecule has 306 valence electrons. The second kappa shape index (κ2) is 15.5. The molecule has 3 aliphatic heterocycles. The quantitative estimate of drug-likeness (QED) is 0.143. The van der Waals surface area contributed by atoms with E-state index in [1.54, 1.807) is 0 Å². The maximum absolute atomic E-state index is 7.39. The van der Waals surface area contributed by atoms with Crippen LogP contribution in [0.1, 0.15) is 76.0 Å². The topological polar surface area (TPSA) is 24.9 Å². The van der Waals surface area contributed by atoms with E-state index in [0.29, 0.717) is 17.8 Å². The van der Waals surface area contributed by atoms with Crippen molar-refractivity contribution in [2.45, 2.75) is 59.3 Å². The van der Waals surface area contributed by atoms with Gasteiger partial charge in [0.1, 0.15) is 23.0 Å². The van der Waals surface area contributed by atoms with Crippen LogP contribution in [0.3, 0.4) is 0 Å². The first-order valence-electron chi connectivity index (χ1n) is 22.6. The highest BCUT2D eigenvalue weighted by Gasteiger charge is 2.45. The summed E-state index contributed by atoms with van der Waals surface area (Å²) in [6.45, 7) is 13.9. The normalized spacial score (nSPS) is 13.2. The van der Waals surface area contributed by atoms with Gasteiger partial charge >= 0.3 is 0 Å². The highest BCUT2D eigenvalue weighted by molar-refractivity contribution is 7.01. The predicted octanol–water partition coefficient (Wildman–Crippen LogP) is 11.6. The minimum Gasteiger partial charge on any atom is -0.458 e. The summed E-state index contributed by atoms with van der Waals surface area (Å²) in [5.41, 5.74) is 18.1. The summed E-state index contributed by atoms with van der Waals surface area (Å²) in [6.07, 6.45) is 0. The van der Waals surface area contributed by atoms with Gasteiger partial charge in [0, 0.05) is 46.3 Å². The van der Waals surface area contributed by atoms with Crippen LogP contribution in [0.5, 0.6) is 23.0 Å². The van der Waals surface area contributed by atoms with Crippen molar-refractivity contribution in [3.05, 3.63) is 193 Å². The van der Waals surface area contributed by atoms with Gasteiger partial charge in [-0.1, -0.05) is 150 Å². The molecule has 3 heterocycles. The Morgan fingerprint density at radius 1 is 0.397 bits per heavy atom. The van der Waals surface area contributed by atoms with Crippen LogP contribution >= 0.6 is 0 Å². The zero-order valence-corrected chi connectivity index (χ0v) is 36.8. The van der Waals surface area contributed by atoms with Crippen LogP contribution in [0.4, 0.5) is 34.1 Å². The van der Waals surface area contributed by atoms with E-state index < -0.39 is 0 Å². The first-order chi connectivity index (χ1) is 30.7. The molecular weight excluding hydrogens is 766 g/mol. The van der Waals surface area contributed by atoms with Crippen LogP contribution in [-0.2, 0) is 0 Å². The molecule has 0 amide bonds. The van der Waals surface area contributed by atoms with Crippen LogP contribution in [0.25, 0.3) is 0 Å². The summed E-state index contributed by atoms with van der Waals surface area (Å²) < 4.78 is 14.1. The van der Waals surface area contributed by atoms with Crippen molar-refractivity contribution in [1.29, 1.82) is 0 Å². The Balaban J connectivity index is 1.21. The first-order valence-corrected chi connectivity index (χ1v) is 22.6. The fraction of sp³-hybridized carbons (Fsp3) is 0.158. The summed E-state index contributed by atoms with van der Waals surface area (Å²) in [5.74, 6) is 4.59. The fourth-order valence-corrected chi connectivity index (χ4v) is 10.4. The van der Waals surface area contributed by atoms with Gasteiger partial charge in [-0.3, -0.25) is 0 Å². The molecule has 0 fully saturated rings. The lowest BCUT2D eigenvalue weighted by molar-refractivity contribution is 0.487. The largest absolute Gasteiger partial charge is 0.458 e. The van der Waals surface area contributed by atoms with Crippen LogP contribution in [-0.4, -0.2) is 13.4 Å². The predicted molar refractivity (Wildman–Crippen MR) is 267 cm³/mol. The highest BCUT2D eigenvalue weighted by atomic mass is 16.5. The number of para-hydroxylation sites is 4. The maximum Gasteiger partial charge on any atom is 0.256 e. The average Bonchev–Trinajstić information content (AvgIpc) is 3.30. The van der Waals surface area contributed by atoms with E-state index >= 15 is 0 Å². The van der Waals surface area contributed by atoms with Crippen molar-refractivity contribution >= 4 is 80.3 Å². The Morgan fingerprint density at radius 3 is 1.60 bits per heavy atom. The van der Waals surface area contributed by atoms with Crippen LogP contribution in [0.2, 0.25) is 0 Å². The fourth-order valence-electron chi connectivity index (χ4n) is 10.4. The second-order valence-corrected chi connectivity index (χ2v) is 18.2. The molecule has 6 heteroatoms. The van der Waals surface area contributed by atoms with Gasteiger partial charge < -0.3 is 19.3 Å². The molecule has 0 unspecified atom stereocenters. The number of benzene rings is 8. The molecule has 11 rings (SSSR count). The number of hydrogen-bond acceptors (Lipinski definition) is 4. The molecule has 4 nitrogen and oxygen atoms in total. The van der Waals surface area contributed by atoms with Crippen molar-refractivity contribution in [3.8, 4) is 23.0 Å². The Kier molecular flexibility index (Phi) is 9.57. The zero-order chi connectivity index (χ0) is 42.9. The van der Waals surface area contributed by atoms with Gasteiger partial charge in [0.15, 0.2) is 0 Å². The van der Waals surface area contributed by atoms with Gasteiger partial charge in [-0.05, 0) is 122 Å². The number of anilines is 6. The van der Waals surface area contributed by atoms with Gasteiger partial charge in [0.25, 0.3) is 13.4 Å². The van der Waals surface area contributed by atoms with Crippen molar-refractivity contribution < 1.29 is 9.47 Å². The van der Waals surface area contributed by atoms with Gasteiger partial charge in [0.05, 0.1) is 0 Å². The third-order valence-corrected chi connectivity index (χ3v) is 13.3. The summed E-state index contributed by atoms with van der Waals surface area (Å²) in [7, 11) is 0. The van der Waals surface area contributed by atoms with E-state index in [0.717, 1.165) is 57.1 Å². The van der Waals surface area contributed by atoms with E-state index in [9.17, 15) is 0 Å². The molecule has 0 bridgehead atoms. The average molecular weight is 817 g/mol.